The quantitative estimate of drug-likeness (QED) is 0.281. The van der Waals surface area contributed by atoms with Gasteiger partial charge in [0.2, 0.25) is 11.8 Å². The molecule has 1 aromatic heterocycles. The summed E-state index contributed by atoms with van der Waals surface area (Å²) in [6.45, 7) is 0.309. The minimum absolute atomic E-state index is 0.0261. The van der Waals surface area contributed by atoms with E-state index in [-0.39, 0.29) is 37.1 Å². The molecule has 0 unspecified atom stereocenters. The monoisotopic (exact) mass is 530 g/mol. The van der Waals surface area contributed by atoms with Crippen molar-refractivity contribution in [1.29, 1.82) is 0 Å². The second kappa shape index (κ2) is 13.3. The molecule has 0 aliphatic rings. The van der Waals surface area contributed by atoms with Crippen molar-refractivity contribution in [3.8, 4) is 11.5 Å². The molecule has 0 aliphatic carbocycles. The number of nitrogens with zero attached hydrogens (tertiary/aromatic N) is 1. The number of furan rings is 1. The number of hydrogen-bond acceptors (Lipinski definition) is 5. The maximum atomic E-state index is 13.9. The van der Waals surface area contributed by atoms with Crippen LogP contribution in [0.1, 0.15) is 22.5 Å². The highest BCUT2D eigenvalue weighted by molar-refractivity contribution is 5.88. The van der Waals surface area contributed by atoms with Gasteiger partial charge < -0.3 is 24.1 Å². The summed E-state index contributed by atoms with van der Waals surface area (Å²) in [5.74, 6) is 0.696. The molecule has 1 N–H and O–H groups in total. The summed E-state index contributed by atoms with van der Waals surface area (Å²) in [7, 11) is 3.08. The van der Waals surface area contributed by atoms with Crippen molar-refractivity contribution in [2.75, 3.05) is 14.2 Å². The molecule has 0 saturated heterocycles. The molecule has 0 spiro atoms. The van der Waals surface area contributed by atoms with E-state index in [1.54, 1.807) is 54.5 Å². The number of amides is 2. The Morgan fingerprint density at radius 2 is 1.59 bits per heavy atom. The maximum Gasteiger partial charge on any atom is 0.243 e. The van der Waals surface area contributed by atoms with Gasteiger partial charge in [-0.15, -0.1) is 0 Å². The van der Waals surface area contributed by atoms with Gasteiger partial charge in [-0.2, -0.15) is 0 Å². The summed E-state index contributed by atoms with van der Waals surface area (Å²) in [5.41, 5.74) is 2.31. The van der Waals surface area contributed by atoms with Gasteiger partial charge in [0.15, 0.2) is 11.5 Å². The average Bonchev–Trinajstić information content (AvgIpc) is 3.49. The molecule has 202 valence electrons. The Labute approximate surface area is 227 Å². The van der Waals surface area contributed by atoms with E-state index < -0.39 is 6.04 Å². The second-order valence-electron chi connectivity index (χ2n) is 9.02. The molecular weight excluding hydrogens is 499 g/mol. The Balaban J connectivity index is 1.66. The van der Waals surface area contributed by atoms with Crippen LogP contribution in [0.15, 0.2) is 95.6 Å². The number of halogens is 1. The molecular formula is C31H31FN2O5. The van der Waals surface area contributed by atoms with E-state index in [0.29, 0.717) is 34.8 Å². The fourth-order valence-electron chi connectivity index (χ4n) is 4.31. The van der Waals surface area contributed by atoms with Gasteiger partial charge in [0.1, 0.15) is 17.6 Å². The highest BCUT2D eigenvalue weighted by Gasteiger charge is 2.30. The molecule has 4 aromatic rings. The Bertz CT molecular complexity index is 1360. The fraction of sp³-hybridized carbons (Fsp3) is 0.226. The average molecular weight is 531 g/mol. The topological polar surface area (TPSA) is 81.0 Å². The summed E-state index contributed by atoms with van der Waals surface area (Å²) in [6.07, 6.45) is 1.86. The van der Waals surface area contributed by atoms with Gasteiger partial charge in [0.25, 0.3) is 0 Å². The van der Waals surface area contributed by atoms with Gasteiger partial charge in [-0.25, -0.2) is 4.39 Å². The predicted octanol–water partition coefficient (Wildman–Crippen LogP) is 4.93. The van der Waals surface area contributed by atoms with Gasteiger partial charge in [0.05, 0.1) is 33.4 Å². The van der Waals surface area contributed by atoms with Crippen molar-refractivity contribution < 1.29 is 27.9 Å². The van der Waals surface area contributed by atoms with E-state index in [4.69, 9.17) is 13.9 Å². The van der Waals surface area contributed by atoms with Crippen molar-refractivity contribution in [2.45, 2.75) is 32.0 Å². The lowest BCUT2D eigenvalue weighted by molar-refractivity contribution is -0.140. The van der Waals surface area contributed by atoms with E-state index in [0.717, 1.165) is 5.56 Å². The first-order valence-electron chi connectivity index (χ1n) is 12.6. The maximum absolute atomic E-state index is 13.9. The van der Waals surface area contributed by atoms with E-state index in [1.165, 1.54) is 25.5 Å². The van der Waals surface area contributed by atoms with Crippen molar-refractivity contribution in [2.24, 2.45) is 0 Å². The van der Waals surface area contributed by atoms with E-state index in [2.05, 4.69) is 5.32 Å². The molecule has 1 atom stereocenters. The minimum atomic E-state index is -0.833. The Hall–Kier alpha value is -4.59. The van der Waals surface area contributed by atoms with Gasteiger partial charge in [-0.3, -0.25) is 9.59 Å². The number of ether oxygens (including phenoxy) is 2. The van der Waals surface area contributed by atoms with Crippen LogP contribution in [-0.2, 0) is 35.5 Å². The number of hydrogen-bond donors (Lipinski definition) is 1. The van der Waals surface area contributed by atoms with Crippen LogP contribution >= 0.6 is 0 Å². The van der Waals surface area contributed by atoms with Crippen molar-refractivity contribution in [3.05, 3.63) is 119 Å². The number of nitrogens with one attached hydrogen (secondary N) is 1. The molecule has 0 aliphatic heterocycles. The van der Waals surface area contributed by atoms with E-state index in [1.807, 2.05) is 30.3 Å². The molecule has 39 heavy (non-hydrogen) atoms. The third kappa shape index (κ3) is 7.47. The van der Waals surface area contributed by atoms with Crippen molar-refractivity contribution >= 4 is 11.8 Å². The first-order valence-corrected chi connectivity index (χ1v) is 12.6. The van der Waals surface area contributed by atoms with Crippen LogP contribution in [0.3, 0.4) is 0 Å². The van der Waals surface area contributed by atoms with Crippen LogP contribution in [-0.4, -0.2) is 37.0 Å². The normalized spacial score (nSPS) is 11.5. The van der Waals surface area contributed by atoms with Gasteiger partial charge in [-0.05, 0) is 53.1 Å². The Morgan fingerprint density at radius 3 is 2.26 bits per heavy atom. The highest BCUT2D eigenvalue weighted by Crippen LogP contribution is 2.28. The summed E-state index contributed by atoms with van der Waals surface area (Å²) in [5, 5.41) is 2.91. The summed E-state index contributed by atoms with van der Waals surface area (Å²) >= 11 is 0. The summed E-state index contributed by atoms with van der Waals surface area (Å²) < 4.78 is 29.7. The molecule has 0 bridgehead atoms. The van der Waals surface area contributed by atoms with Gasteiger partial charge in [-0.1, -0.05) is 48.5 Å². The zero-order valence-electron chi connectivity index (χ0n) is 21.9. The predicted molar refractivity (Wildman–Crippen MR) is 145 cm³/mol. The molecule has 0 radical (unpaired) electrons. The van der Waals surface area contributed by atoms with Gasteiger partial charge in [0, 0.05) is 13.0 Å². The van der Waals surface area contributed by atoms with Crippen LogP contribution in [0.5, 0.6) is 11.5 Å². The molecule has 3 aromatic carbocycles. The number of methoxy groups -OCH3 is 2. The van der Waals surface area contributed by atoms with Crippen LogP contribution < -0.4 is 14.8 Å². The van der Waals surface area contributed by atoms with Crippen LogP contribution in [0.2, 0.25) is 0 Å². The molecule has 1 heterocycles. The van der Waals surface area contributed by atoms with E-state index in [9.17, 15) is 14.0 Å². The summed E-state index contributed by atoms with van der Waals surface area (Å²) in [4.78, 5) is 29.1. The first-order chi connectivity index (χ1) is 19.0. The smallest absolute Gasteiger partial charge is 0.243 e. The molecule has 8 heteroatoms. The Kier molecular flexibility index (Phi) is 9.34. The number of benzene rings is 3. The zero-order valence-corrected chi connectivity index (χ0v) is 21.9. The SMILES string of the molecule is COc1ccc(CC(=O)N(Cc2ccc(F)cc2)[C@H](Cc2ccccc2)C(=O)NCc2ccco2)cc1OC. The third-order valence-electron chi connectivity index (χ3n) is 6.36. The third-order valence-corrected chi connectivity index (χ3v) is 6.36. The zero-order chi connectivity index (χ0) is 27.6. The number of carbonyl (C=O) groups excluding carboxylic acids is 2. The lowest BCUT2D eigenvalue weighted by atomic mass is 10.0. The van der Waals surface area contributed by atoms with E-state index >= 15 is 0 Å². The molecule has 7 nitrogen and oxygen atoms in total. The van der Waals surface area contributed by atoms with Gasteiger partial charge >= 0.3 is 0 Å². The second-order valence-corrected chi connectivity index (χ2v) is 9.02. The Morgan fingerprint density at radius 1 is 0.872 bits per heavy atom. The highest BCUT2D eigenvalue weighted by atomic mass is 19.1. The number of carbonyl (C=O) groups is 2. The largest absolute Gasteiger partial charge is 0.493 e. The first kappa shape index (κ1) is 27.4. The van der Waals surface area contributed by atoms with Crippen molar-refractivity contribution in [3.63, 3.8) is 0 Å². The fourth-order valence-corrected chi connectivity index (χ4v) is 4.31. The molecule has 2 amide bonds. The number of rotatable bonds is 12. The molecule has 0 fully saturated rings. The molecule has 0 saturated carbocycles. The van der Waals surface area contributed by atoms with Crippen LogP contribution in [0.25, 0.3) is 0 Å². The molecule has 4 rings (SSSR count). The van der Waals surface area contributed by atoms with Crippen LogP contribution in [0.4, 0.5) is 4.39 Å². The minimum Gasteiger partial charge on any atom is -0.493 e. The lowest BCUT2D eigenvalue weighted by Crippen LogP contribution is -2.50. The standard InChI is InChI=1S/C31H31FN2O5/c1-37-28-15-12-24(18-29(28)38-2)19-30(35)34(21-23-10-13-25(32)14-11-23)27(17-22-7-4-3-5-8-22)31(36)33-20-26-9-6-16-39-26/h3-16,18,27H,17,19-21H2,1-2H3,(H,33,36)/t27-/m1/s1. The van der Waals surface area contributed by atoms with Crippen LogP contribution in [0, 0.1) is 5.82 Å². The van der Waals surface area contributed by atoms with Crippen molar-refractivity contribution in [1.82, 2.24) is 10.2 Å². The summed E-state index contributed by atoms with van der Waals surface area (Å²) in [6, 6.07) is 23.4. The lowest BCUT2D eigenvalue weighted by Gasteiger charge is -2.31.